The van der Waals surface area contributed by atoms with Gasteiger partial charge in [0.05, 0.1) is 24.4 Å². The monoisotopic (exact) mass is 188 g/mol. The summed E-state index contributed by atoms with van der Waals surface area (Å²) in [6.45, 7) is 8.45. The van der Waals surface area contributed by atoms with E-state index in [1.807, 2.05) is 27.7 Å². The Morgan fingerprint density at radius 2 is 2.08 bits per heavy atom. The third-order valence-corrected chi connectivity index (χ3v) is 2.09. The predicted octanol–water partition coefficient (Wildman–Crippen LogP) is 1.34. The molecule has 0 aliphatic carbocycles. The third-order valence-electron chi connectivity index (χ3n) is 2.09. The van der Waals surface area contributed by atoms with Crippen LogP contribution in [0.5, 0.6) is 0 Å². The number of aliphatic hydroxyl groups excluding tert-OH is 1. The molecule has 1 fully saturated rings. The summed E-state index contributed by atoms with van der Waals surface area (Å²) >= 11 is 0. The summed E-state index contributed by atoms with van der Waals surface area (Å²) in [6.07, 6.45) is 0.369. The standard InChI is InChI=1S/C10H20O3/c1-7-5-8(11)9(13-7)6-12-10(2,3)4/h7-9,11H,5-6H2,1-4H3/t7?,8-,9+/m0/s1. The highest BCUT2D eigenvalue weighted by molar-refractivity contribution is 4.80. The van der Waals surface area contributed by atoms with Crippen LogP contribution in [0.25, 0.3) is 0 Å². The molecule has 0 aromatic rings. The zero-order valence-corrected chi connectivity index (χ0v) is 8.91. The minimum Gasteiger partial charge on any atom is -0.390 e. The van der Waals surface area contributed by atoms with Gasteiger partial charge in [-0.3, -0.25) is 0 Å². The fourth-order valence-corrected chi connectivity index (χ4v) is 1.42. The summed E-state index contributed by atoms with van der Waals surface area (Å²) in [5.41, 5.74) is -0.158. The minimum atomic E-state index is -0.364. The van der Waals surface area contributed by atoms with Gasteiger partial charge in [-0.05, 0) is 27.7 Å². The third kappa shape index (κ3) is 3.63. The van der Waals surface area contributed by atoms with E-state index in [2.05, 4.69) is 0 Å². The Morgan fingerprint density at radius 3 is 2.46 bits per heavy atom. The molecule has 1 N–H and O–H groups in total. The lowest BCUT2D eigenvalue weighted by Crippen LogP contribution is -2.31. The molecule has 1 aliphatic heterocycles. The molecule has 1 saturated heterocycles. The first-order chi connectivity index (χ1) is 5.88. The Balaban J connectivity index is 2.30. The maximum atomic E-state index is 9.55. The normalized spacial score (nSPS) is 35.3. The number of hydrogen-bond donors (Lipinski definition) is 1. The number of hydrogen-bond acceptors (Lipinski definition) is 3. The summed E-state index contributed by atoms with van der Waals surface area (Å²) in [4.78, 5) is 0. The minimum absolute atomic E-state index is 0.144. The maximum Gasteiger partial charge on any atom is 0.107 e. The van der Waals surface area contributed by atoms with Crippen LogP contribution in [0.3, 0.4) is 0 Å². The summed E-state index contributed by atoms with van der Waals surface area (Å²) in [6, 6.07) is 0. The number of aliphatic hydroxyl groups is 1. The van der Waals surface area contributed by atoms with Crippen molar-refractivity contribution < 1.29 is 14.6 Å². The molecule has 1 rings (SSSR count). The largest absolute Gasteiger partial charge is 0.390 e. The van der Waals surface area contributed by atoms with Crippen molar-refractivity contribution in [1.82, 2.24) is 0 Å². The molecule has 3 nitrogen and oxygen atoms in total. The number of ether oxygens (including phenoxy) is 2. The van der Waals surface area contributed by atoms with Crippen molar-refractivity contribution in [3.05, 3.63) is 0 Å². The second-order valence-corrected chi connectivity index (χ2v) is 4.71. The van der Waals surface area contributed by atoms with E-state index in [1.54, 1.807) is 0 Å². The maximum absolute atomic E-state index is 9.55. The molecule has 0 saturated carbocycles. The Hall–Kier alpha value is -0.120. The van der Waals surface area contributed by atoms with Gasteiger partial charge >= 0.3 is 0 Å². The van der Waals surface area contributed by atoms with E-state index in [0.717, 1.165) is 6.42 Å². The molecule has 3 atom stereocenters. The van der Waals surface area contributed by atoms with Crippen molar-refractivity contribution in [1.29, 1.82) is 0 Å². The molecular weight excluding hydrogens is 168 g/mol. The van der Waals surface area contributed by atoms with E-state index in [9.17, 15) is 5.11 Å². The molecule has 1 heterocycles. The van der Waals surface area contributed by atoms with Gasteiger partial charge in [0, 0.05) is 6.42 Å². The molecule has 1 aliphatic rings. The fraction of sp³-hybridized carbons (Fsp3) is 1.00. The average Bonchev–Trinajstić information content (AvgIpc) is 2.24. The summed E-state index contributed by atoms with van der Waals surface area (Å²) < 4.78 is 11.0. The van der Waals surface area contributed by atoms with Gasteiger partial charge in [-0.15, -0.1) is 0 Å². The molecule has 0 aromatic heterocycles. The van der Waals surface area contributed by atoms with Crippen molar-refractivity contribution in [2.24, 2.45) is 0 Å². The first-order valence-electron chi connectivity index (χ1n) is 4.86. The van der Waals surface area contributed by atoms with E-state index in [4.69, 9.17) is 9.47 Å². The molecule has 13 heavy (non-hydrogen) atoms. The van der Waals surface area contributed by atoms with Crippen LogP contribution in [0.2, 0.25) is 0 Å². The van der Waals surface area contributed by atoms with Gasteiger partial charge in [-0.1, -0.05) is 0 Å². The molecule has 0 bridgehead atoms. The second-order valence-electron chi connectivity index (χ2n) is 4.71. The van der Waals surface area contributed by atoms with E-state index < -0.39 is 0 Å². The van der Waals surface area contributed by atoms with Gasteiger partial charge in [0.25, 0.3) is 0 Å². The summed E-state index contributed by atoms with van der Waals surface area (Å²) in [5, 5.41) is 9.55. The smallest absolute Gasteiger partial charge is 0.107 e. The van der Waals surface area contributed by atoms with Crippen molar-refractivity contribution in [3.8, 4) is 0 Å². The molecule has 78 valence electrons. The van der Waals surface area contributed by atoms with Crippen LogP contribution >= 0.6 is 0 Å². The summed E-state index contributed by atoms with van der Waals surface area (Å²) in [5.74, 6) is 0. The molecule has 3 heteroatoms. The molecule has 1 unspecified atom stereocenters. The number of rotatable bonds is 2. The lowest BCUT2D eigenvalue weighted by atomic mass is 10.1. The lowest BCUT2D eigenvalue weighted by Gasteiger charge is -2.23. The topological polar surface area (TPSA) is 38.7 Å². The van der Waals surface area contributed by atoms with Crippen LogP contribution in [0, 0.1) is 0 Å². The highest BCUT2D eigenvalue weighted by Crippen LogP contribution is 2.21. The van der Waals surface area contributed by atoms with E-state index in [0.29, 0.717) is 6.61 Å². The van der Waals surface area contributed by atoms with Crippen molar-refractivity contribution in [2.75, 3.05) is 6.61 Å². The zero-order chi connectivity index (χ0) is 10.1. The average molecular weight is 188 g/mol. The quantitative estimate of drug-likeness (QED) is 0.710. The van der Waals surface area contributed by atoms with Crippen LogP contribution < -0.4 is 0 Å². The molecule has 0 amide bonds. The molecule has 0 spiro atoms. The van der Waals surface area contributed by atoms with Gasteiger partial charge < -0.3 is 14.6 Å². The molecular formula is C10H20O3. The predicted molar refractivity (Wildman–Crippen MR) is 50.7 cm³/mol. The van der Waals surface area contributed by atoms with Crippen molar-refractivity contribution >= 4 is 0 Å². The Labute approximate surface area is 80.0 Å². The van der Waals surface area contributed by atoms with Crippen LogP contribution in [-0.4, -0.2) is 35.6 Å². The Bertz CT molecular complexity index is 162. The summed E-state index contributed by atoms with van der Waals surface area (Å²) in [7, 11) is 0. The first kappa shape index (κ1) is 11.0. The molecule has 0 radical (unpaired) electrons. The highest BCUT2D eigenvalue weighted by Gasteiger charge is 2.32. The first-order valence-corrected chi connectivity index (χ1v) is 4.86. The van der Waals surface area contributed by atoms with E-state index >= 15 is 0 Å². The van der Waals surface area contributed by atoms with Gasteiger partial charge in [-0.25, -0.2) is 0 Å². The van der Waals surface area contributed by atoms with Gasteiger partial charge in [0.1, 0.15) is 6.10 Å². The highest BCUT2D eigenvalue weighted by atomic mass is 16.6. The van der Waals surface area contributed by atoms with Crippen LogP contribution in [0.4, 0.5) is 0 Å². The zero-order valence-electron chi connectivity index (χ0n) is 8.91. The van der Waals surface area contributed by atoms with Gasteiger partial charge in [-0.2, -0.15) is 0 Å². The van der Waals surface area contributed by atoms with Crippen LogP contribution in [0.1, 0.15) is 34.1 Å². The molecule has 0 aromatic carbocycles. The van der Waals surface area contributed by atoms with E-state index in [1.165, 1.54) is 0 Å². The van der Waals surface area contributed by atoms with Crippen LogP contribution in [-0.2, 0) is 9.47 Å². The SMILES string of the molecule is CC1C[C@H](O)[C@@H](COC(C)(C)C)O1. The Morgan fingerprint density at radius 1 is 1.46 bits per heavy atom. The van der Waals surface area contributed by atoms with Gasteiger partial charge in [0.15, 0.2) is 0 Å². The van der Waals surface area contributed by atoms with Crippen molar-refractivity contribution in [2.45, 2.75) is 58.0 Å². The lowest BCUT2D eigenvalue weighted by molar-refractivity contribution is -0.0862. The Kier molecular flexibility index (Phi) is 3.33. The van der Waals surface area contributed by atoms with Gasteiger partial charge in [0.2, 0.25) is 0 Å². The van der Waals surface area contributed by atoms with Crippen molar-refractivity contribution in [3.63, 3.8) is 0 Å². The second kappa shape index (κ2) is 3.95. The van der Waals surface area contributed by atoms with Crippen LogP contribution in [0.15, 0.2) is 0 Å². The fourth-order valence-electron chi connectivity index (χ4n) is 1.42. The van der Waals surface area contributed by atoms with E-state index in [-0.39, 0.29) is 23.9 Å².